The second-order valence-electron chi connectivity index (χ2n) is 18.8. The van der Waals surface area contributed by atoms with Gasteiger partial charge in [-0.25, -0.2) is 0 Å². The third-order valence-corrected chi connectivity index (χ3v) is 15.1. The molecule has 6 aromatic carbocycles. The number of hydrogen-bond donors (Lipinski definition) is 0. The molecule has 1 spiro atoms. The summed E-state index contributed by atoms with van der Waals surface area (Å²) in [6.07, 6.45) is 8.10. The summed E-state index contributed by atoms with van der Waals surface area (Å²) in [5.41, 5.74) is 18.5. The number of hydrogen-bond acceptors (Lipinski definition) is 1. The first-order valence-electron chi connectivity index (χ1n) is 20.7. The van der Waals surface area contributed by atoms with Crippen LogP contribution in [0.4, 0.5) is 17.1 Å². The maximum absolute atomic E-state index is 2.53. The van der Waals surface area contributed by atoms with Gasteiger partial charge < -0.3 is 4.90 Å². The maximum atomic E-state index is 2.53. The molecule has 5 atom stereocenters. The van der Waals surface area contributed by atoms with Crippen molar-refractivity contribution in [2.75, 3.05) is 4.90 Å². The molecule has 0 radical (unpaired) electrons. The van der Waals surface area contributed by atoms with Crippen molar-refractivity contribution >= 4 is 17.1 Å². The van der Waals surface area contributed by atoms with Crippen LogP contribution in [0.25, 0.3) is 33.4 Å². The molecule has 0 N–H and O–H groups in total. The van der Waals surface area contributed by atoms with Crippen LogP contribution in [-0.2, 0) is 16.2 Å². The highest BCUT2D eigenvalue weighted by molar-refractivity contribution is 5.94. The normalized spacial score (nSPS) is 26.1. The van der Waals surface area contributed by atoms with Crippen molar-refractivity contribution < 1.29 is 0 Å². The minimum absolute atomic E-state index is 0.0660. The molecule has 0 heterocycles. The molecule has 4 bridgehead atoms. The van der Waals surface area contributed by atoms with E-state index in [0.717, 1.165) is 23.7 Å². The van der Waals surface area contributed by atoms with Crippen molar-refractivity contribution in [2.24, 2.45) is 23.7 Å². The number of rotatable bonds is 5. The average molecular weight is 702 g/mol. The summed E-state index contributed by atoms with van der Waals surface area (Å²) in [4.78, 5) is 2.53. The van der Waals surface area contributed by atoms with E-state index >= 15 is 0 Å². The Morgan fingerprint density at radius 1 is 0.481 bits per heavy atom. The van der Waals surface area contributed by atoms with E-state index in [4.69, 9.17) is 0 Å². The predicted molar refractivity (Wildman–Crippen MR) is 226 cm³/mol. The van der Waals surface area contributed by atoms with Gasteiger partial charge in [0.15, 0.2) is 0 Å². The molecule has 12 rings (SSSR count). The van der Waals surface area contributed by atoms with Crippen LogP contribution in [0.1, 0.15) is 88.5 Å². The second kappa shape index (κ2) is 11.6. The van der Waals surface area contributed by atoms with Crippen LogP contribution in [0.2, 0.25) is 0 Å². The van der Waals surface area contributed by atoms with Gasteiger partial charge in [-0.2, -0.15) is 0 Å². The first kappa shape index (κ1) is 32.5. The van der Waals surface area contributed by atoms with Crippen molar-refractivity contribution in [1.29, 1.82) is 0 Å². The Kier molecular flexibility index (Phi) is 6.97. The lowest BCUT2D eigenvalue weighted by molar-refractivity contribution is 0.191. The van der Waals surface area contributed by atoms with Gasteiger partial charge >= 0.3 is 0 Å². The molecule has 0 aliphatic heterocycles. The van der Waals surface area contributed by atoms with Gasteiger partial charge in [0.25, 0.3) is 0 Å². The van der Waals surface area contributed by atoms with E-state index in [-0.39, 0.29) is 16.2 Å². The molecule has 6 aromatic rings. The highest BCUT2D eigenvalue weighted by Crippen LogP contribution is 2.73. The van der Waals surface area contributed by atoms with Crippen molar-refractivity contribution in [2.45, 2.75) is 82.5 Å². The molecule has 6 aliphatic rings. The first-order valence-corrected chi connectivity index (χ1v) is 20.7. The van der Waals surface area contributed by atoms with Gasteiger partial charge in [0, 0.05) is 16.8 Å². The van der Waals surface area contributed by atoms with Crippen molar-refractivity contribution in [3.05, 3.63) is 162 Å². The molecular formula is C53H51N. The second-order valence-corrected chi connectivity index (χ2v) is 18.8. The van der Waals surface area contributed by atoms with Gasteiger partial charge in [0.1, 0.15) is 0 Å². The van der Waals surface area contributed by atoms with Crippen LogP contribution in [0.15, 0.2) is 140 Å². The zero-order valence-corrected chi connectivity index (χ0v) is 32.3. The monoisotopic (exact) mass is 701 g/mol. The molecule has 0 saturated heterocycles. The van der Waals surface area contributed by atoms with E-state index < -0.39 is 0 Å². The molecule has 54 heavy (non-hydrogen) atoms. The van der Waals surface area contributed by atoms with Gasteiger partial charge in [-0.1, -0.05) is 137 Å². The topological polar surface area (TPSA) is 3.24 Å². The van der Waals surface area contributed by atoms with Crippen molar-refractivity contribution in [3.8, 4) is 33.4 Å². The van der Waals surface area contributed by atoms with E-state index in [1.54, 1.807) is 11.1 Å². The SMILES string of the molecule is CC1(C)CCC(C)(C)c2c(N(c3ccc(-c4ccccc4)cc3)c3ccc(-c4cccc5c4-c4ccccc4C54C5CC6CC(C5)C4C6)cc3)cccc21. The highest BCUT2D eigenvalue weighted by Gasteiger charge is 2.66. The molecule has 4 saturated carbocycles. The number of fused-ring (bicyclic) bond motifs is 4. The Labute approximate surface area is 322 Å². The number of nitrogens with zero attached hydrogens (tertiary/aromatic N) is 1. The van der Waals surface area contributed by atoms with Gasteiger partial charge in [0.05, 0.1) is 5.69 Å². The summed E-state index contributed by atoms with van der Waals surface area (Å²) in [5, 5.41) is 0. The summed E-state index contributed by atoms with van der Waals surface area (Å²) < 4.78 is 0. The Hall–Kier alpha value is -4.88. The zero-order valence-electron chi connectivity index (χ0n) is 32.3. The molecular weight excluding hydrogens is 651 g/mol. The Morgan fingerprint density at radius 2 is 1.09 bits per heavy atom. The lowest BCUT2D eigenvalue weighted by atomic mass is 9.59. The van der Waals surface area contributed by atoms with Gasteiger partial charge in [-0.15, -0.1) is 0 Å². The number of benzene rings is 6. The van der Waals surface area contributed by atoms with Gasteiger partial charge in [-0.3, -0.25) is 0 Å². The van der Waals surface area contributed by atoms with E-state index in [1.807, 2.05) is 0 Å². The fourth-order valence-corrected chi connectivity index (χ4v) is 12.8. The maximum Gasteiger partial charge on any atom is 0.0502 e. The summed E-state index contributed by atoms with van der Waals surface area (Å²) in [6.45, 7) is 9.77. The molecule has 1 heteroatoms. The van der Waals surface area contributed by atoms with Crippen molar-refractivity contribution in [3.63, 3.8) is 0 Å². The van der Waals surface area contributed by atoms with E-state index in [0.29, 0.717) is 0 Å². The third kappa shape index (κ3) is 4.51. The summed E-state index contributed by atoms with van der Waals surface area (Å²) in [5.74, 6) is 3.45. The van der Waals surface area contributed by atoms with Gasteiger partial charge in [-0.05, 0) is 159 Å². The van der Waals surface area contributed by atoms with E-state index in [9.17, 15) is 0 Å². The summed E-state index contributed by atoms with van der Waals surface area (Å²) >= 11 is 0. The molecule has 1 nitrogen and oxygen atoms in total. The molecule has 0 aromatic heterocycles. The van der Waals surface area contributed by atoms with Crippen LogP contribution < -0.4 is 4.90 Å². The summed E-state index contributed by atoms with van der Waals surface area (Å²) in [7, 11) is 0. The minimum Gasteiger partial charge on any atom is -0.310 e. The predicted octanol–water partition coefficient (Wildman–Crippen LogP) is 14.2. The van der Waals surface area contributed by atoms with E-state index in [1.165, 1.54) is 100 Å². The minimum atomic E-state index is 0.0660. The fourth-order valence-electron chi connectivity index (χ4n) is 12.8. The van der Waals surface area contributed by atoms with Crippen LogP contribution in [0.3, 0.4) is 0 Å². The zero-order chi connectivity index (χ0) is 36.4. The molecule has 268 valence electrons. The van der Waals surface area contributed by atoms with Crippen LogP contribution in [0.5, 0.6) is 0 Å². The lowest BCUT2D eigenvalue weighted by Crippen LogP contribution is -2.40. The average Bonchev–Trinajstić information content (AvgIpc) is 3.75. The quantitative estimate of drug-likeness (QED) is 0.173. The molecule has 4 fully saturated rings. The van der Waals surface area contributed by atoms with Crippen LogP contribution >= 0.6 is 0 Å². The smallest absolute Gasteiger partial charge is 0.0502 e. The Bertz CT molecular complexity index is 2410. The molecule has 0 amide bonds. The third-order valence-electron chi connectivity index (χ3n) is 15.1. The molecule has 6 aliphatic carbocycles. The standard InChI is InChI=1S/C53H51N/c1-51(2)28-29-52(3,4)50-46(51)18-11-19-48(50)54(40-24-20-36(21-25-40)35-12-6-5-7-13-35)41-26-22-37(23-27-41)42-15-10-17-45-49(42)43-14-8-9-16-44(43)53(45)39-31-34-30-38(33-39)47(53)32-34/h5-27,34,38-39,47H,28-33H2,1-4H3. The highest BCUT2D eigenvalue weighted by atomic mass is 15.1. The van der Waals surface area contributed by atoms with Crippen LogP contribution in [0, 0.1) is 23.7 Å². The van der Waals surface area contributed by atoms with Gasteiger partial charge in [0.2, 0.25) is 0 Å². The largest absolute Gasteiger partial charge is 0.310 e. The molecule has 5 unspecified atom stereocenters. The lowest BCUT2D eigenvalue weighted by Gasteiger charge is -2.44. The fraction of sp³-hybridized carbons (Fsp3) is 0.321. The summed E-state index contributed by atoms with van der Waals surface area (Å²) in [6, 6.07) is 53.4. The van der Waals surface area contributed by atoms with Crippen molar-refractivity contribution in [1.82, 2.24) is 0 Å². The van der Waals surface area contributed by atoms with E-state index in [2.05, 4.69) is 172 Å². The first-order chi connectivity index (χ1) is 26.2. The Morgan fingerprint density at radius 3 is 1.85 bits per heavy atom. The Balaban J connectivity index is 1.05. The van der Waals surface area contributed by atoms with Crippen LogP contribution in [-0.4, -0.2) is 0 Å². The number of anilines is 3.